The number of phenols is 1. The van der Waals surface area contributed by atoms with Gasteiger partial charge in [0.1, 0.15) is 11.5 Å². The summed E-state index contributed by atoms with van der Waals surface area (Å²) in [5.41, 5.74) is 3.25. The minimum Gasteiger partial charge on any atom is -0.507 e. The minimum atomic E-state index is -1.06. The molecule has 0 aliphatic heterocycles. The van der Waals surface area contributed by atoms with E-state index in [0.717, 1.165) is 4.47 Å². The van der Waals surface area contributed by atoms with Crippen LogP contribution in [0.2, 0.25) is 0 Å². The zero-order chi connectivity index (χ0) is 23.8. The average Bonchev–Trinajstić information content (AvgIpc) is 2.82. The van der Waals surface area contributed by atoms with Crippen molar-refractivity contribution in [3.8, 4) is 11.5 Å². The number of carbonyl (C=O) groups is 3. The zero-order valence-corrected chi connectivity index (χ0v) is 18.9. The lowest BCUT2D eigenvalue weighted by atomic mass is 10.1. The summed E-state index contributed by atoms with van der Waals surface area (Å²) in [6, 6.07) is 17.7. The van der Waals surface area contributed by atoms with E-state index in [-0.39, 0.29) is 22.6 Å². The van der Waals surface area contributed by atoms with Gasteiger partial charge in [0.25, 0.3) is 5.91 Å². The van der Waals surface area contributed by atoms with Gasteiger partial charge in [-0.2, -0.15) is 5.10 Å². The Morgan fingerprint density at radius 3 is 2.42 bits per heavy atom. The van der Waals surface area contributed by atoms with Crippen LogP contribution in [0, 0.1) is 0 Å². The largest absolute Gasteiger partial charge is 0.507 e. The third-order valence-electron chi connectivity index (χ3n) is 4.33. The smallest absolute Gasteiger partial charge is 0.329 e. The third-order valence-corrected chi connectivity index (χ3v) is 4.86. The Morgan fingerprint density at radius 2 is 1.70 bits per heavy atom. The molecule has 0 spiro atoms. The molecule has 3 rings (SSSR count). The Kier molecular flexibility index (Phi) is 7.77. The Hall–Kier alpha value is -4.18. The number of rotatable bonds is 6. The summed E-state index contributed by atoms with van der Waals surface area (Å²) in [6.07, 6.45) is 1.17. The van der Waals surface area contributed by atoms with Crippen molar-refractivity contribution in [3.05, 3.63) is 82.3 Å². The number of hydrogen-bond acceptors (Lipinski definition) is 6. The number of hydrogen-bond donors (Lipinski definition) is 4. The van der Waals surface area contributed by atoms with Crippen LogP contribution in [0.5, 0.6) is 11.5 Å². The zero-order valence-electron chi connectivity index (χ0n) is 17.3. The first-order valence-corrected chi connectivity index (χ1v) is 10.3. The Labute approximate surface area is 197 Å². The molecule has 0 aromatic heterocycles. The highest BCUT2D eigenvalue weighted by molar-refractivity contribution is 9.10. The van der Waals surface area contributed by atoms with Gasteiger partial charge < -0.3 is 20.5 Å². The van der Waals surface area contributed by atoms with Gasteiger partial charge in [-0.15, -0.1) is 0 Å². The molecule has 3 aromatic carbocycles. The summed E-state index contributed by atoms with van der Waals surface area (Å²) < 4.78 is 5.92. The lowest BCUT2D eigenvalue weighted by Crippen LogP contribution is -2.33. The first-order valence-electron chi connectivity index (χ1n) is 9.54. The number of phenolic OH excluding ortho intramolecular Hbond substituents is 1. The van der Waals surface area contributed by atoms with E-state index in [2.05, 4.69) is 37.1 Å². The quantitative estimate of drug-likeness (QED) is 0.229. The normalized spacial score (nSPS) is 10.5. The molecule has 0 aliphatic carbocycles. The predicted molar refractivity (Wildman–Crippen MR) is 128 cm³/mol. The first-order chi connectivity index (χ1) is 15.9. The average molecular weight is 511 g/mol. The number of carbonyl (C=O) groups excluding carboxylic acids is 3. The number of ether oxygens (including phenoxy) is 1. The minimum absolute atomic E-state index is 0.0797. The van der Waals surface area contributed by atoms with Crippen LogP contribution in [0.15, 0.2) is 76.3 Å². The Morgan fingerprint density at radius 1 is 0.970 bits per heavy atom. The van der Waals surface area contributed by atoms with Gasteiger partial charge in [-0.25, -0.2) is 5.43 Å². The van der Waals surface area contributed by atoms with Crippen molar-refractivity contribution in [2.24, 2.45) is 5.10 Å². The van der Waals surface area contributed by atoms with Crippen LogP contribution in [0.25, 0.3) is 0 Å². The summed E-state index contributed by atoms with van der Waals surface area (Å²) in [7, 11) is 1.47. The van der Waals surface area contributed by atoms with Gasteiger partial charge in [0.2, 0.25) is 0 Å². The second-order valence-corrected chi connectivity index (χ2v) is 7.50. The maximum absolute atomic E-state index is 12.7. The fourth-order valence-electron chi connectivity index (χ4n) is 2.68. The number of hydrazone groups is 1. The van der Waals surface area contributed by atoms with E-state index < -0.39 is 17.7 Å². The number of methoxy groups -OCH3 is 1. The molecule has 0 fully saturated rings. The van der Waals surface area contributed by atoms with Gasteiger partial charge in [0.05, 0.1) is 24.6 Å². The van der Waals surface area contributed by atoms with E-state index >= 15 is 0 Å². The van der Waals surface area contributed by atoms with Crippen LogP contribution >= 0.6 is 15.9 Å². The van der Waals surface area contributed by atoms with Crippen molar-refractivity contribution < 1.29 is 24.2 Å². The number of anilines is 2. The highest BCUT2D eigenvalue weighted by Crippen LogP contribution is 2.21. The summed E-state index contributed by atoms with van der Waals surface area (Å²) in [6.45, 7) is 0. The lowest BCUT2D eigenvalue weighted by Gasteiger charge is -2.11. The molecule has 0 saturated carbocycles. The van der Waals surface area contributed by atoms with Crippen molar-refractivity contribution in [2.75, 3.05) is 17.7 Å². The van der Waals surface area contributed by atoms with Gasteiger partial charge in [-0.05, 0) is 54.6 Å². The van der Waals surface area contributed by atoms with Crippen LogP contribution in [0.3, 0.4) is 0 Å². The molecular formula is C23H19BrN4O5. The van der Waals surface area contributed by atoms with Crippen LogP contribution < -0.4 is 20.8 Å². The molecule has 10 heteroatoms. The molecule has 9 nitrogen and oxygen atoms in total. The SMILES string of the molecule is COc1ccc(O)c(/C=N\NC(=O)C(=O)Nc2ccccc2C(=O)Nc2ccc(Br)cc2)c1. The molecule has 4 N–H and O–H groups in total. The highest BCUT2D eigenvalue weighted by atomic mass is 79.9. The number of aromatic hydroxyl groups is 1. The van der Waals surface area contributed by atoms with Gasteiger partial charge in [-0.3, -0.25) is 14.4 Å². The van der Waals surface area contributed by atoms with Crippen LogP contribution in [-0.2, 0) is 9.59 Å². The topological polar surface area (TPSA) is 129 Å². The molecular weight excluding hydrogens is 492 g/mol. The van der Waals surface area contributed by atoms with Gasteiger partial charge >= 0.3 is 11.8 Å². The maximum atomic E-state index is 12.7. The second-order valence-electron chi connectivity index (χ2n) is 6.58. The monoisotopic (exact) mass is 510 g/mol. The molecule has 0 heterocycles. The van der Waals surface area contributed by atoms with E-state index in [4.69, 9.17) is 4.74 Å². The Bertz CT molecular complexity index is 1210. The second kappa shape index (κ2) is 10.9. The number of amides is 3. The molecule has 33 heavy (non-hydrogen) atoms. The fraction of sp³-hybridized carbons (Fsp3) is 0.0435. The lowest BCUT2D eigenvalue weighted by molar-refractivity contribution is -0.136. The van der Waals surface area contributed by atoms with E-state index in [1.807, 2.05) is 0 Å². The molecule has 0 radical (unpaired) electrons. The number of halogens is 1. The van der Waals surface area contributed by atoms with E-state index in [1.54, 1.807) is 42.5 Å². The molecule has 3 aromatic rings. The molecule has 0 atom stereocenters. The maximum Gasteiger partial charge on any atom is 0.329 e. The standard InChI is InChI=1S/C23H19BrN4O5/c1-33-17-10-11-20(29)14(12-17)13-25-28-23(32)22(31)27-19-5-3-2-4-18(19)21(30)26-16-8-6-15(24)7-9-16/h2-13,29H,1H3,(H,26,30)(H,27,31)(H,28,32)/b25-13-. The molecule has 0 saturated heterocycles. The molecule has 0 unspecified atom stereocenters. The van der Waals surface area contributed by atoms with Crippen molar-refractivity contribution >= 4 is 51.2 Å². The van der Waals surface area contributed by atoms with Gasteiger partial charge in [-0.1, -0.05) is 28.1 Å². The first kappa shape index (κ1) is 23.5. The summed E-state index contributed by atoms with van der Waals surface area (Å²) in [4.78, 5) is 37.1. The summed E-state index contributed by atoms with van der Waals surface area (Å²) >= 11 is 3.32. The van der Waals surface area contributed by atoms with Gasteiger partial charge in [0.15, 0.2) is 0 Å². The van der Waals surface area contributed by atoms with Crippen molar-refractivity contribution in [2.45, 2.75) is 0 Å². The molecule has 168 valence electrons. The number of nitrogens with one attached hydrogen (secondary N) is 3. The van der Waals surface area contributed by atoms with E-state index in [1.165, 1.54) is 37.6 Å². The number of benzene rings is 3. The van der Waals surface area contributed by atoms with Crippen molar-refractivity contribution in [3.63, 3.8) is 0 Å². The number of para-hydroxylation sites is 1. The van der Waals surface area contributed by atoms with E-state index in [9.17, 15) is 19.5 Å². The van der Waals surface area contributed by atoms with Gasteiger partial charge in [0, 0.05) is 15.7 Å². The highest BCUT2D eigenvalue weighted by Gasteiger charge is 2.18. The van der Waals surface area contributed by atoms with Crippen LogP contribution in [-0.4, -0.2) is 36.2 Å². The third kappa shape index (κ3) is 6.40. The molecule has 0 bridgehead atoms. The van der Waals surface area contributed by atoms with Crippen molar-refractivity contribution in [1.29, 1.82) is 0 Å². The van der Waals surface area contributed by atoms with Crippen molar-refractivity contribution in [1.82, 2.24) is 5.43 Å². The molecule has 3 amide bonds. The summed E-state index contributed by atoms with van der Waals surface area (Å²) in [5.74, 6) is -2.14. The van der Waals surface area contributed by atoms with E-state index in [0.29, 0.717) is 11.4 Å². The fourth-order valence-corrected chi connectivity index (χ4v) is 2.94. The predicted octanol–water partition coefficient (Wildman–Crippen LogP) is 3.50. The summed E-state index contributed by atoms with van der Waals surface area (Å²) in [5, 5.41) is 18.6. The molecule has 0 aliphatic rings. The van der Waals surface area contributed by atoms with Crippen LogP contribution in [0.4, 0.5) is 11.4 Å². The van der Waals surface area contributed by atoms with Crippen LogP contribution in [0.1, 0.15) is 15.9 Å². The number of nitrogens with zero attached hydrogens (tertiary/aromatic N) is 1. The Balaban J connectivity index is 1.64.